The summed E-state index contributed by atoms with van der Waals surface area (Å²) in [5.41, 5.74) is 7.33. The number of carbonyl (C=O) groups is 9. The summed E-state index contributed by atoms with van der Waals surface area (Å²) in [7, 11) is 2.37. The molecule has 22 heteroatoms. The maximum absolute atomic E-state index is 14.0. The van der Waals surface area contributed by atoms with Gasteiger partial charge in [-0.15, -0.1) is 0 Å². The first-order valence-corrected chi connectivity index (χ1v) is 21.7. The van der Waals surface area contributed by atoms with E-state index in [1.54, 1.807) is 6.20 Å². The predicted octanol–water partition coefficient (Wildman–Crippen LogP) is -2.14. The number of aromatic amines is 1. The third kappa shape index (κ3) is 14.2. The molecule has 2 aliphatic heterocycles. The number of amides is 8. The molecule has 8 amide bonds. The number of nitrogens with zero attached hydrogens (tertiary/aromatic N) is 1. The summed E-state index contributed by atoms with van der Waals surface area (Å²) < 4.78 is 0. The van der Waals surface area contributed by atoms with Crippen molar-refractivity contribution < 1.29 is 48.3 Å². The Balaban J connectivity index is 1.55. The summed E-state index contributed by atoms with van der Waals surface area (Å²) in [5.74, 6) is -7.48. The average molecular weight is 861 g/mol. The fourth-order valence-corrected chi connectivity index (χ4v) is 8.63. The topological polar surface area (TPSA) is 303 Å². The molecule has 1 aromatic carbocycles. The molecule has 3 heterocycles. The molecule has 1 aromatic heterocycles. The molecule has 0 spiro atoms. The molecular weight excluding hydrogens is 809 g/mol. The van der Waals surface area contributed by atoms with E-state index in [2.05, 4.69) is 42.2 Å². The van der Waals surface area contributed by atoms with Crippen molar-refractivity contribution in [2.75, 3.05) is 44.2 Å². The lowest BCUT2D eigenvalue weighted by molar-refractivity contribution is -0.144. The fraction of sp³-hybridized carbons (Fsp3) is 0.541. The third-order valence-corrected chi connectivity index (χ3v) is 12.3. The number of hydrogen-bond acceptors (Lipinski definition) is 12. The Morgan fingerprint density at radius 1 is 0.898 bits per heavy atom. The normalized spacial score (nSPS) is 24.2. The highest BCUT2D eigenvalue weighted by atomic mass is 33.1. The minimum atomic E-state index is -1.69. The number of rotatable bonds is 9. The predicted molar refractivity (Wildman–Crippen MR) is 219 cm³/mol. The van der Waals surface area contributed by atoms with Crippen molar-refractivity contribution in [1.82, 2.24) is 47.1 Å². The molecule has 2 aliphatic rings. The van der Waals surface area contributed by atoms with Crippen molar-refractivity contribution in [3.05, 3.63) is 36.0 Å². The van der Waals surface area contributed by atoms with Gasteiger partial charge in [0, 0.05) is 54.0 Å². The second kappa shape index (κ2) is 22.7. The molecule has 11 N–H and O–H groups in total. The van der Waals surface area contributed by atoms with Gasteiger partial charge in [0.25, 0.3) is 0 Å². The number of benzene rings is 1. The molecule has 2 aromatic rings. The van der Waals surface area contributed by atoms with E-state index in [1.807, 2.05) is 24.3 Å². The lowest BCUT2D eigenvalue weighted by atomic mass is 9.97. The van der Waals surface area contributed by atoms with Gasteiger partial charge in [-0.3, -0.25) is 43.2 Å². The Morgan fingerprint density at radius 3 is 2.32 bits per heavy atom. The van der Waals surface area contributed by atoms with Crippen LogP contribution in [0.5, 0.6) is 0 Å². The Bertz CT molecular complexity index is 1870. The summed E-state index contributed by atoms with van der Waals surface area (Å²) in [5, 5.41) is 28.5. The van der Waals surface area contributed by atoms with Gasteiger partial charge in [0.05, 0.1) is 13.0 Å². The van der Waals surface area contributed by atoms with E-state index in [0.717, 1.165) is 27.3 Å². The first-order chi connectivity index (χ1) is 28.1. The number of hydrogen-bond donors (Lipinski definition) is 10. The molecule has 59 heavy (non-hydrogen) atoms. The minimum absolute atomic E-state index is 0.00949. The van der Waals surface area contributed by atoms with Crippen molar-refractivity contribution in [2.45, 2.75) is 76.2 Å². The zero-order chi connectivity index (χ0) is 43.1. The smallest absolute Gasteiger partial charge is 0.305 e. The van der Waals surface area contributed by atoms with Crippen LogP contribution in [-0.2, 0) is 49.6 Å². The van der Waals surface area contributed by atoms with Crippen molar-refractivity contribution in [3.8, 4) is 0 Å². The quantitative estimate of drug-likeness (QED) is 0.121. The zero-order valence-corrected chi connectivity index (χ0v) is 34.4. The lowest BCUT2D eigenvalue weighted by Gasteiger charge is -2.32. The SMILES string of the molecule is C[C@@H]1NC(=O)C(CC(=O)O)NC(=O)CNC(=O)C(CNC(=O)C2CCNCC2)NC(=O)CCSSCC(C(N)=O)NC(=O)[C@H](C)N(CCc2c[nH]c3ccccc23)C1=O. The number of primary amides is 1. The number of piperidine rings is 1. The molecule has 20 nitrogen and oxygen atoms in total. The lowest BCUT2D eigenvalue weighted by Crippen LogP contribution is -2.59. The van der Waals surface area contributed by atoms with Crippen LogP contribution in [0, 0.1) is 5.92 Å². The van der Waals surface area contributed by atoms with Crippen molar-refractivity contribution in [2.24, 2.45) is 11.7 Å². The maximum Gasteiger partial charge on any atom is 0.305 e. The molecule has 0 bridgehead atoms. The summed E-state index contributed by atoms with van der Waals surface area (Å²) in [6, 6.07) is 0.805. The maximum atomic E-state index is 14.0. The second-order valence-corrected chi connectivity index (χ2v) is 16.8. The molecule has 5 atom stereocenters. The number of nitrogens with one attached hydrogen (secondary N) is 8. The van der Waals surface area contributed by atoms with Crippen LogP contribution < -0.4 is 43.0 Å². The van der Waals surface area contributed by atoms with Gasteiger partial charge in [0.15, 0.2) is 0 Å². The molecule has 4 rings (SSSR count). The van der Waals surface area contributed by atoms with Crippen molar-refractivity contribution in [1.29, 1.82) is 0 Å². The first kappa shape index (κ1) is 46.3. The van der Waals surface area contributed by atoms with E-state index in [0.29, 0.717) is 25.9 Å². The van der Waals surface area contributed by atoms with Gasteiger partial charge in [-0.25, -0.2) is 0 Å². The van der Waals surface area contributed by atoms with Gasteiger partial charge in [0.2, 0.25) is 47.3 Å². The molecule has 322 valence electrons. The summed E-state index contributed by atoms with van der Waals surface area (Å²) in [4.78, 5) is 122. The van der Waals surface area contributed by atoms with Gasteiger partial charge in [-0.2, -0.15) is 0 Å². The van der Waals surface area contributed by atoms with Crippen LogP contribution in [0.1, 0.15) is 45.1 Å². The van der Waals surface area contributed by atoms with Crippen LogP contribution in [0.4, 0.5) is 0 Å². The molecule has 0 saturated carbocycles. The number of fused-ring (bicyclic) bond motifs is 1. The standard InChI is InChI=1S/C37H52N10O10S2/c1-20-37(57)47(13-9-23-16-40-25-6-4-3-5-24(23)25)21(2)33(53)46-28(32(38)52)19-59-58-14-10-29(48)45-27(17-41-34(54)22-7-11-39-12-8-22)35(55)42-18-30(49)44-26(15-31(50)51)36(56)43-20/h3-6,16,20-22,26-28,39-40H,7-15,17-19H2,1-2H3,(H2,38,52)(H,41,54)(H,42,55)(H,43,56)(H,44,49)(H,45,48)(H,46,53)(H,50,51)/t20-,21-,26?,27?,28?/m0/s1. The third-order valence-electron chi connectivity index (χ3n) is 9.84. The Morgan fingerprint density at radius 2 is 1.61 bits per heavy atom. The van der Waals surface area contributed by atoms with Crippen LogP contribution in [0.15, 0.2) is 30.5 Å². The van der Waals surface area contributed by atoms with Gasteiger partial charge in [0.1, 0.15) is 30.2 Å². The van der Waals surface area contributed by atoms with E-state index in [9.17, 15) is 48.3 Å². The highest BCUT2D eigenvalue weighted by molar-refractivity contribution is 8.76. The number of H-pyrrole nitrogens is 1. The summed E-state index contributed by atoms with van der Waals surface area (Å²) >= 11 is 0. The van der Waals surface area contributed by atoms with E-state index < -0.39 is 90.5 Å². The van der Waals surface area contributed by atoms with Crippen molar-refractivity contribution >= 4 is 85.7 Å². The van der Waals surface area contributed by atoms with Gasteiger partial charge in [-0.1, -0.05) is 39.8 Å². The van der Waals surface area contributed by atoms with Crippen LogP contribution in [0.25, 0.3) is 10.9 Å². The van der Waals surface area contributed by atoms with Crippen LogP contribution in [-0.4, -0.2) is 143 Å². The Hall–Kier alpha value is -5.35. The van der Waals surface area contributed by atoms with E-state index >= 15 is 0 Å². The van der Waals surface area contributed by atoms with E-state index in [1.165, 1.54) is 29.5 Å². The van der Waals surface area contributed by atoms with Gasteiger partial charge in [-0.05, 0) is 57.8 Å². The Labute approximate surface area is 348 Å². The molecule has 2 fully saturated rings. The number of carboxylic acids is 1. The minimum Gasteiger partial charge on any atom is -0.481 e. The van der Waals surface area contributed by atoms with Crippen molar-refractivity contribution in [3.63, 3.8) is 0 Å². The van der Waals surface area contributed by atoms with Crippen LogP contribution in [0.3, 0.4) is 0 Å². The van der Waals surface area contributed by atoms with Gasteiger partial charge >= 0.3 is 5.97 Å². The van der Waals surface area contributed by atoms with E-state index in [-0.39, 0.29) is 49.3 Å². The summed E-state index contributed by atoms with van der Waals surface area (Å²) in [6.07, 6.45) is 2.26. The van der Waals surface area contributed by atoms with Gasteiger partial charge < -0.3 is 57.9 Å². The first-order valence-electron chi connectivity index (χ1n) is 19.2. The second-order valence-electron chi connectivity index (χ2n) is 14.2. The summed E-state index contributed by atoms with van der Waals surface area (Å²) in [6.45, 7) is 3.05. The van der Waals surface area contributed by atoms with E-state index in [4.69, 9.17) is 5.73 Å². The zero-order valence-electron chi connectivity index (χ0n) is 32.8. The Kier molecular flexibility index (Phi) is 17.8. The highest BCUT2D eigenvalue weighted by Gasteiger charge is 2.34. The highest BCUT2D eigenvalue weighted by Crippen LogP contribution is 2.23. The number of carboxylic acid groups (broad SMARTS) is 1. The molecule has 3 unspecified atom stereocenters. The number of aromatic nitrogens is 1. The number of aliphatic carboxylic acids is 1. The number of carbonyl (C=O) groups excluding carboxylic acids is 8. The number of nitrogens with two attached hydrogens (primary N) is 1. The molecule has 0 radical (unpaired) electrons. The average Bonchev–Trinajstić information content (AvgIpc) is 3.62. The molecule has 2 saturated heterocycles. The monoisotopic (exact) mass is 860 g/mol. The van der Waals surface area contributed by atoms with Crippen LogP contribution >= 0.6 is 21.6 Å². The molecular formula is C37H52N10O10S2. The molecule has 0 aliphatic carbocycles. The number of para-hydroxylation sites is 1. The fourth-order valence-electron chi connectivity index (χ4n) is 6.46. The van der Waals surface area contributed by atoms with Crippen LogP contribution in [0.2, 0.25) is 0 Å². The largest absolute Gasteiger partial charge is 0.481 e.